The molecule has 0 aromatic carbocycles. The summed E-state index contributed by atoms with van der Waals surface area (Å²) in [5.74, 6) is 0.423. The van der Waals surface area contributed by atoms with Crippen molar-refractivity contribution in [2.24, 2.45) is 0 Å². The summed E-state index contributed by atoms with van der Waals surface area (Å²) in [6, 6.07) is 7.28. The van der Waals surface area contributed by atoms with Crippen LogP contribution in [-0.2, 0) is 0 Å². The number of nitrogens with one attached hydrogen (secondary N) is 3. The number of aromatic nitrogens is 4. The summed E-state index contributed by atoms with van der Waals surface area (Å²) in [5.41, 5.74) is 1.79. The van der Waals surface area contributed by atoms with E-state index in [4.69, 9.17) is 0 Å². The monoisotopic (exact) mass is 384 g/mol. The van der Waals surface area contributed by atoms with Crippen LogP contribution in [0.4, 0.5) is 5.95 Å². The highest BCUT2D eigenvalue weighted by molar-refractivity contribution is 7.13. The molecule has 4 heterocycles. The Morgan fingerprint density at radius 1 is 1.33 bits per heavy atom. The lowest BCUT2D eigenvalue weighted by Crippen LogP contribution is -2.45. The number of amides is 1. The van der Waals surface area contributed by atoms with Crippen molar-refractivity contribution >= 4 is 23.2 Å². The molecule has 1 aliphatic heterocycles. The number of aromatic amines is 2. The summed E-state index contributed by atoms with van der Waals surface area (Å²) in [6.07, 6.45) is 1.57. The first-order valence-corrected chi connectivity index (χ1v) is 9.69. The summed E-state index contributed by atoms with van der Waals surface area (Å²) in [5, 5.41) is 12.1. The highest BCUT2D eigenvalue weighted by Gasteiger charge is 2.23. The fraction of sp³-hybridized carbons (Fsp3) is 0.333. The smallest absolute Gasteiger partial charge is 0.272 e. The molecule has 1 aliphatic rings. The van der Waals surface area contributed by atoms with Gasteiger partial charge in [-0.05, 0) is 37.3 Å². The lowest BCUT2D eigenvalue weighted by atomic mass is 10.1. The van der Waals surface area contributed by atoms with Crippen molar-refractivity contribution in [3.8, 4) is 10.6 Å². The predicted molar refractivity (Wildman–Crippen MR) is 104 cm³/mol. The number of nitrogens with zero attached hydrogens (tertiary/aromatic N) is 3. The Morgan fingerprint density at radius 3 is 2.85 bits per heavy atom. The topological polar surface area (TPSA) is 107 Å². The van der Waals surface area contributed by atoms with Gasteiger partial charge in [0.15, 0.2) is 5.69 Å². The zero-order chi connectivity index (χ0) is 18.8. The molecule has 8 nitrogen and oxygen atoms in total. The van der Waals surface area contributed by atoms with Crippen LogP contribution in [0.25, 0.3) is 10.6 Å². The van der Waals surface area contributed by atoms with Gasteiger partial charge in [0.1, 0.15) is 0 Å². The molecule has 3 aromatic rings. The van der Waals surface area contributed by atoms with Crippen molar-refractivity contribution in [3.05, 3.63) is 51.4 Å². The average Bonchev–Trinajstić information content (AvgIpc) is 3.33. The van der Waals surface area contributed by atoms with E-state index in [1.165, 1.54) is 6.07 Å². The number of rotatable bonds is 4. The Morgan fingerprint density at radius 2 is 2.15 bits per heavy atom. The van der Waals surface area contributed by atoms with Crippen LogP contribution < -0.4 is 15.8 Å². The number of thiophene rings is 1. The lowest BCUT2D eigenvalue weighted by Gasteiger charge is -2.32. The van der Waals surface area contributed by atoms with E-state index in [1.807, 2.05) is 22.4 Å². The molecule has 1 amide bonds. The maximum absolute atomic E-state index is 12.5. The van der Waals surface area contributed by atoms with E-state index in [1.54, 1.807) is 24.3 Å². The molecule has 140 valence electrons. The zero-order valence-corrected chi connectivity index (χ0v) is 15.7. The van der Waals surface area contributed by atoms with Gasteiger partial charge in [-0.1, -0.05) is 6.07 Å². The largest absolute Gasteiger partial charge is 0.348 e. The van der Waals surface area contributed by atoms with E-state index in [2.05, 4.69) is 25.5 Å². The highest BCUT2D eigenvalue weighted by Crippen LogP contribution is 2.23. The normalized spacial score (nSPS) is 15.1. The Hall–Kier alpha value is -2.94. The third-order valence-electron chi connectivity index (χ3n) is 4.58. The first-order valence-electron chi connectivity index (χ1n) is 8.81. The minimum absolute atomic E-state index is 0.0761. The van der Waals surface area contributed by atoms with Crippen LogP contribution in [0, 0.1) is 6.92 Å². The highest BCUT2D eigenvalue weighted by atomic mass is 32.1. The fourth-order valence-corrected chi connectivity index (χ4v) is 3.90. The van der Waals surface area contributed by atoms with Crippen molar-refractivity contribution in [2.75, 3.05) is 18.0 Å². The van der Waals surface area contributed by atoms with Crippen molar-refractivity contribution < 1.29 is 4.79 Å². The molecule has 0 radical (unpaired) electrons. The van der Waals surface area contributed by atoms with Gasteiger partial charge in [0.2, 0.25) is 5.95 Å². The maximum atomic E-state index is 12.5. The molecule has 0 unspecified atom stereocenters. The Balaban J connectivity index is 1.35. The number of carbonyl (C=O) groups is 1. The zero-order valence-electron chi connectivity index (χ0n) is 14.9. The second-order valence-corrected chi connectivity index (χ2v) is 7.54. The molecular weight excluding hydrogens is 364 g/mol. The van der Waals surface area contributed by atoms with Crippen LogP contribution >= 0.6 is 11.3 Å². The fourth-order valence-electron chi connectivity index (χ4n) is 3.20. The van der Waals surface area contributed by atoms with Crippen molar-refractivity contribution in [2.45, 2.75) is 25.8 Å². The van der Waals surface area contributed by atoms with Crippen LogP contribution in [0.5, 0.6) is 0 Å². The summed E-state index contributed by atoms with van der Waals surface area (Å²) < 4.78 is 0. The molecule has 0 spiro atoms. The van der Waals surface area contributed by atoms with E-state index in [9.17, 15) is 9.59 Å². The molecule has 3 N–H and O–H groups in total. The third kappa shape index (κ3) is 3.92. The van der Waals surface area contributed by atoms with E-state index in [0.717, 1.165) is 36.5 Å². The van der Waals surface area contributed by atoms with E-state index in [-0.39, 0.29) is 17.5 Å². The molecular formula is C18H20N6O2S. The van der Waals surface area contributed by atoms with Crippen molar-refractivity contribution in [3.63, 3.8) is 0 Å². The molecule has 0 bridgehead atoms. The van der Waals surface area contributed by atoms with E-state index in [0.29, 0.717) is 17.3 Å². The molecule has 0 atom stereocenters. The molecule has 1 saturated heterocycles. The first-order chi connectivity index (χ1) is 13.1. The van der Waals surface area contributed by atoms with Gasteiger partial charge in [0.25, 0.3) is 11.5 Å². The average molecular weight is 384 g/mol. The molecule has 0 aliphatic carbocycles. The number of hydrogen-bond acceptors (Lipinski definition) is 6. The van der Waals surface area contributed by atoms with Gasteiger partial charge in [0.05, 0.1) is 10.6 Å². The molecule has 1 fully saturated rings. The van der Waals surface area contributed by atoms with Crippen molar-refractivity contribution in [1.82, 2.24) is 25.5 Å². The summed E-state index contributed by atoms with van der Waals surface area (Å²) in [7, 11) is 0. The lowest BCUT2D eigenvalue weighted by molar-refractivity contribution is 0.0926. The van der Waals surface area contributed by atoms with Gasteiger partial charge in [-0.15, -0.1) is 11.3 Å². The van der Waals surface area contributed by atoms with Gasteiger partial charge < -0.3 is 10.2 Å². The maximum Gasteiger partial charge on any atom is 0.272 e. The van der Waals surface area contributed by atoms with Crippen LogP contribution in [0.15, 0.2) is 34.4 Å². The predicted octanol–water partition coefficient (Wildman–Crippen LogP) is 1.93. The van der Waals surface area contributed by atoms with E-state index >= 15 is 0 Å². The summed E-state index contributed by atoms with van der Waals surface area (Å²) in [4.78, 5) is 34.3. The quantitative estimate of drug-likeness (QED) is 0.637. The van der Waals surface area contributed by atoms with Gasteiger partial charge >= 0.3 is 0 Å². The molecule has 27 heavy (non-hydrogen) atoms. The van der Waals surface area contributed by atoms with Crippen LogP contribution in [0.2, 0.25) is 0 Å². The minimum Gasteiger partial charge on any atom is -0.348 e. The van der Waals surface area contributed by atoms with Gasteiger partial charge in [-0.25, -0.2) is 4.98 Å². The number of anilines is 1. The summed E-state index contributed by atoms with van der Waals surface area (Å²) >= 11 is 1.60. The number of H-pyrrole nitrogens is 2. The first kappa shape index (κ1) is 17.5. The van der Waals surface area contributed by atoms with Gasteiger partial charge in [-0.3, -0.25) is 19.7 Å². The number of carbonyl (C=O) groups excluding carboxylic acids is 1. The Bertz CT molecular complexity index is 985. The van der Waals surface area contributed by atoms with Gasteiger partial charge in [-0.2, -0.15) is 5.10 Å². The van der Waals surface area contributed by atoms with E-state index < -0.39 is 0 Å². The minimum atomic E-state index is -0.172. The number of hydrogen-bond donors (Lipinski definition) is 3. The van der Waals surface area contributed by atoms with Crippen LogP contribution in [0.3, 0.4) is 0 Å². The number of piperidine rings is 1. The molecule has 3 aromatic heterocycles. The second-order valence-electron chi connectivity index (χ2n) is 6.59. The second kappa shape index (κ2) is 7.36. The van der Waals surface area contributed by atoms with Crippen molar-refractivity contribution in [1.29, 1.82) is 0 Å². The SMILES string of the molecule is Cc1cc(=O)[nH]c(N2CCC(NC(=O)c3cc(-c4cccs4)[nH]n3)CC2)n1. The molecule has 0 saturated carbocycles. The number of aryl methyl sites for hydroxylation is 1. The van der Waals surface area contributed by atoms with Crippen LogP contribution in [-0.4, -0.2) is 45.2 Å². The standard InChI is InChI=1S/C18H20N6O2S/c1-11-9-16(25)21-18(19-11)24-6-4-12(5-7-24)20-17(26)14-10-13(22-23-14)15-3-2-8-27-15/h2-3,8-10,12H,4-7H2,1H3,(H,20,26)(H,22,23)(H,19,21,25). The summed E-state index contributed by atoms with van der Waals surface area (Å²) in [6.45, 7) is 3.25. The molecule has 4 rings (SSSR count). The Labute approximate surface area is 159 Å². The molecule has 9 heteroatoms. The van der Waals surface area contributed by atoms with Crippen LogP contribution in [0.1, 0.15) is 29.0 Å². The third-order valence-corrected chi connectivity index (χ3v) is 5.49. The Kier molecular flexibility index (Phi) is 4.76. The van der Waals surface area contributed by atoms with Gasteiger partial charge in [0, 0.05) is 30.9 Å².